The Balaban J connectivity index is 2.44. The highest BCUT2D eigenvalue weighted by molar-refractivity contribution is 6.36. The fraction of sp³-hybridized carbons (Fsp3) is 0.133. The molecular formula is C15H12Cl2O2. The molecule has 0 aromatic heterocycles. The van der Waals surface area contributed by atoms with Crippen LogP contribution in [0.15, 0.2) is 36.4 Å². The molecule has 2 aromatic carbocycles. The van der Waals surface area contributed by atoms with Gasteiger partial charge in [0, 0.05) is 16.1 Å². The van der Waals surface area contributed by atoms with Crippen LogP contribution in [0.3, 0.4) is 0 Å². The Kier molecular flexibility index (Phi) is 4.13. The molecule has 0 atom stereocenters. The number of halogens is 2. The van der Waals surface area contributed by atoms with E-state index in [4.69, 9.17) is 27.9 Å². The number of aryl methyl sites for hydroxylation is 1. The van der Waals surface area contributed by atoms with Crippen molar-refractivity contribution in [2.75, 3.05) is 7.11 Å². The van der Waals surface area contributed by atoms with Gasteiger partial charge < -0.3 is 4.74 Å². The highest BCUT2D eigenvalue weighted by Gasteiger charge is 2.14. The van der Waals surface area contributed by atoms with Crippen LogP contribution in [0.25, 0.3) is 0 Å². The van der Waals surface area contributed by atoms with Gasteiger partial charge in [-0.25, -0.2) is 0 Å². The first-order chi connectivity index (χ1) is 9.02. The van der Waals surface area contributed by atoms with Crippen LogP contribution in [0.5, 0.6) is 5.75 Å². The standard InChI is InChI=1S/C15H12Cl2O2/c1-9-7-10(3-6-14(9)19-2)15(18)12-8-11(16)4-5-13(12)17/h3-8H,1-2H3. The molecule has 0 fully saturated rings. The van der Waals surface area contributed by atoms with Gasteiger partial charge in [0.05, 0.1) is 12.1 Å². The summed E-state index contributed by atoms with van der Waals surface area (Å²) in [5, 5.41) is 0.876. The van der Waals surface area contributed by atoms with E-state index in [9.17, 15) is 4.79 Å². The van der Waals surface area contributed by atoms with Crippen LogP contribution < -0.4 is 4.74 Å². The summed E-state index contributed by atoms with van der Waals surface area (Å²) in [6.07, 6.45) is 0. The Morgan fingerprint density at radius 1 is 1.11 bits per heavy atom. The van der Waals surface area contributed by atoms with Gasteiger partial charge >= 0.3 is 0 Å². The van der Waals surface area contributed by atoms with Gasteiger partial charge in [-0.3, -0.25) is 4.79 Å². The van der Waals surface area contributed by atoms with Crippen LogP contribution in [0.1, 0.15) is 21.5 Å². The molecule has 0 amide bonds. The van der Waals surface area contributed by atoms with Crippen molar-refractivity contribution in [2.45, 2.75) is 6.92 Å². The topological polar surface area (TPSA) is 26.3 Å². The Bertz CT molecular complexity index is 636. The lowest BCUT2D eigenvalue weighted by Gasteiger charge is -2.08. The third-order valence-corrected chi connectivity index (χ3v) is 3.39. The van der Waals surface area contributed by atoms with Crippen molar-refractivity contribution in [2.24, 2.45) is 0 Å². The molecule has 0 bridgehead atoms. The van der Waals surface area contributed by atoms with E-state index in [1.807, 2.05) is 6.92 Å². The number of benzene rings is 2. The maximum Gasteiger partial charge on any atom is 0.194 e. The highest BCUT2D eigenvalue weighted by atomic mass is 35.5. The van der Waals surface area contributed by atoms with E-state index >= 15 is 0 Å². The smallest absolute Gasteiger partial charge is 0.194 e. The van der Waals surface area contributed by atoms with E-state index in [1.165, 1.54) is 0 Å². The fourth-order valence-corrected chi connectivity index (χ4v) is 2.22. The molecule has 98 valence electrons. The normalized spacial score (nSPS) is 10.3. The molecule has 2 rings (SSSR count). The molecule has 0 aliphatic rings. The Hall–Kier alpha value is -1.51. The first kappa shape index (κ1) is 13.9. The van der Waals surface area contributed by atoms with Crippen LogP contribution in [-0.2, 0) is 0 Å². The fourth-order valence-electron chi connectivity index (χ4n) is 1.85. The highest BCUT2D eigenvalue weighted by Crippen LogP contribution is 2.25. The lowest BCUT2D eigenvalue weighted by Crippen LogP contribution is -2.03. The summed E-state index contributed by atoms with van der Waals surface area (Å²) in [6, 6.07) is 10.1. The number of ketones is 1. The molecule has 2 aromatic rings. The number of carbonyl (C=O) groups is 1. The van der Waals surface area contributed by atoms with Crippen molar-refractivity contribution < 1.29 is 9.53 Å². The van der Waals surface area contributed by atoms with Gasteiger partial charge in [-0.15, -0.1) is 0 Å². The minimum atomic E-state index is -0.154. The van der Waals surface area contributed by atoms with Crippen molar-refractivity contribution in [3.05, 3.63) is 63.1 Å². The third-order valence-electron chi connectivity index (χ3n) is 2.83. The van der Waals surface area contributed by atoms with Gasteiger partial charge in [0.1, 0.15) is 5.75 Å². The molecule has 2 nitrogen and oxygen atoms in total. The lowest BCUT2D eigenvalue weighted by molar-refractivity contribution is 0.103. The van der Waals surface area contributed by atoms with E-state index in [-0.39, 0.29) is 5.78 Å². The molecule has 0 aliphatic heterocycles. The number of rotatable bonds is 3. The van der Waals surface area contributed by atoms with E-state index in [0.717, 1.165) is 11.3 Å². The summed E-state index contributed by atoms with van der Waals surface area (Å²) >= 11 is 11.9. The Morgan fingerprint density at radius 3 is 2.47 bits per heavy atom. The monoisotopic (exact) mass is 294 g/mol. The number of methoxy groups -OCH3 is 1. The average Bonchev–Trinajstić information content (AvgIpc) is 2.40. The summed E-state index contributed by atoms with van der Waals surface area (Å²) in [5.41, 5.74) is 1.85. The Labute approximate surface area is 121 Å². The average molecular weight is 295 g/mol. The summed E-state index contributed by atoms with van der Waals surface area (Å²) in [6.45, 7) is 1.88. The third kappa shape index (κ3) is 2.91. The quantitative estimate of drug-likeness (QED) is 0.777. The summed E-state index contributed by atoms with van der Waals surface area (Å²) < 4.78 is 5.17. The van der Waals surface area contributed by atoms with Crippen LogP contribution in [0.4, 0.5) is 0 Å². The zero-order chi connectivity index (χ0) is 14.0. The summed E-state index contributed by atoms with van der Waals surface area (Å²) in [7, 11) is 1.59. The number of ether oxygens (including phenoxy) is 1. The summed E-state index contributed by atoms with van der Waals surface area (Å²) in [4.78, 5) is 12.4. The van der Waals surface area contributed by atoms with Crippen LogP contribution >= 0.6 is 23.2 Å². The van der Waals surface area contributed by atoms with E-state index in [0.29, 0.717) is 21.2 Å². The minimum Gasteiger partial charge on any atom is -0.496 e. The van der Waals surface area contributed by atoms with E-state index < -0.39 is 0 Å². The predicted molar refractivity (Wildman–Crippen MR) is 77.6 cm³/mol. The maximum atomic E-state index is 12.4. The molecule has 0 saturated carbocycles. The van der Waals surface area contributed by atoms with Gasteiger partial charge in [0.2, 0.25) is 0 Å². The molecule has 0 unspecified atom stereocenters. The Morgan fingerprint density at radius 2 is 1.84 bits per heavy atom. The van der Waals surface area contributed by atoms with Gasteiger partial charge in [0.15, 0.2) is 5.78 Å². The van der Waals surface area contributed by atoms with Crippen molar-refractivity contribution in [1.29, 1.82) is 0 Å². The molecule has 0 aliphatic carbocycles. The summed E-state index contributed by atoms with van der Waals surface area (Å²) in [5.74, 6) is 0.590. The maximum absolute atomic E-state index is 12.4. The first-order valence-electron chi connectivity index (χ1n) is 5.67. The zero-order valence-electron chi connectivity index (χ0n) is 10.5. The van der Waals surface area contributed by atoms with Crippen molar-refractivity contribution in [1.82, 2.24) is 0 Å². The van der Waals surface area contributed by atoms with Crippen molar-refractivity contribution >= 4 is 29.0 Å². The molecule has 4 heteroatoms. The van der Waals surface area contributed by atoms with Crippen LogP contribution in [0, 0.1) is 6.92 Å². The molecule has 0 heterocycles. The molecular weight excluding hydrogens is 283 g/mol. The van der Waals surface area contributed by atoms with Gasteiger partial charge in [0.25, 0.3) is 0 Å². The second-order valence-corrected chi connectivity index (χ2v) is 4.98. The minimum absolute atomic E-state index is 0.154. The van der Waals surface area contributed by atoms with Gasteiger partial charge in [-0.05, 0) is 48.9 Å². The van der Waals surface area contributed by atoms with E-state index in [1.54, 1.807) is 43.5 Å². The van der Waals surface area contributed by atoms with E-state index in [2.05, 4.69) is 0 Å². The largest absolute Gasteiger partial charge is 0.496 e. The van der Waals surface area contributed by atoms with Crippen molar-refractivity contribution in [3.63, 3.8) is 0 Å². The lowest BCUT2D eigenvalue weighted by atomic mass is 10.0. The molecule has 0 radical (unpaired) electrons. The molecule has 0 N–H and O–H groups in total. The molecule has 0 saturated heterocycles. The predicted octanol–water partition coefficient (Wildman–Crippen LogP) is 4.54. The molecule has 0 spiro atoms. The first-order valence-corrected chi connectivity index (χ1v) is 6.43. The van der Waals surface area contributed by atoms with Gasteiger partial charge in [-0.2, -0.15) is 0 Å². The second-order valence-electron chi connectivity index (χ2n) is 4.14. The second kappa shape index (κ2) is 5.64. The van der Waals surface area contributed by atoms with Crippen LogP contribution in [-0.4, -0.2) is 12.9 Å². The number of hydrogen-bond acceptors (Lipinski definition) is 2. The van der Waals surface area contributed by atoms with Crippen molar-refractivity contribution in [3.8, 4) is 5.75 Å². The van der Waals surface area contributed by atoms with Crippen LogP contribution in [0.2, 0.25) is 10.0 Å². The van der Waals surface area contributed by atoms with Gasteiger partial charge in [-0.1, -0.05) is 23.2 Å². The number of hydrogen-bond donors (Lipinski definition) is 0. The number of carbonyl (C=O) groups excluding carboxylic acids is 1. The molecule has 19 heavy (non-hydrogen) atoms. The SMILES string of the molecule is COc1ccc(C(=O)c2cc(Cl)ccc2Cl)cc1C. The zero-order valence-corrected chi connectivity index (χ0v) is 12.0.